The van der Waals surface area contributed by atoms with Gasteiger partial charge in [-0.15, -0.1) is 12.4 Å². The van der Waals surface area contributed by atoms with Crippen LogP contribution in [0.2, 0.25) is 0 Å². The van der Waals surface area contributed by atoms with E-state index < -0.39 is 12.6 Å². The zero-order chi connectivity index (χ0) is 7.33. The van der Waals surface area contributed by atoms with Gasteiger partial charge in [0.2, 0.25) is 0 Å². The van der Waals surface area contributed by atoms with E-state index in [0.29, 0.717) is 11.8 Å². The molecule has 0 bridgehead atoms. The van der Waals surface area contributed by atoms with E-state index in [-0.39, 0.29) is 18.8 Å². The molecule has 5 heteroatoms. The molecule has 0 N–H and O–H groups in total. The van der Waals surface area contributed by atoms with Crippen LogP contribution in [0.4, 0.5) is 13.2 Å². The highest BCUT2D eigenvalue weighted by molar-refractivity contribution is 9.09. The molecule has 0 saturated heterocycles. The summed E-state index contributed by atoms with van der Waals surface area (Å²) in [7, 11) is 0. The Kier molecular flexibility index (Phi) is 8.27. The Labute approximate surface area is 72.7 Å². The summed E-state index contributed by atoms with van der Waals surface area (Å²) in [6.07, 6.45) is -3.80. The molecular formula is C5H9BrClF3. The zero-order valence-electron chi connectivity index (χ0n) is 5.25. The minimum Gasteiger partial charge on any atom is -0.171 e. The minimum absolute atomic E-state index is 0. The monoisotopic (exact) mass is 240 g/mol. The van der Waals surface area contributed by atoms with Crippen LogP contribution in [0.1, 0.15) is 19.3 Å². The highest BCUT2D eigenvalue weighted by atomic mass is 79.9. The second-order valence-electron chi connectivity index (χ2n) is 1.76. The summed E-state index contributed by atoms with van der Waals surface area (Å²) in [6.45, 7) is 0. The molecule has 0 atom stereocenters. The van der Waals surface area contributed by atoms with Crippen molar-refractivity contribution in [3.63, 3.8) is 0 Å². The third-order valence-electron chi connectivity index (χ3n) is 0.844. The van der Waals surface area contributed by atoms with Crippen LogP contribution in [0.15, 0.2) is 0 Å². The predicted molar refractivity (Wildman–Crippen MR) is 40.9 cm³/mol. The van der Waals surface area contributed by atoms with Crippen molar-refractivity contribution in [3.8, 4) is 0 Å². The largest absolute Gasteiger partial charge is 0.389 e. The summed E-state index contributed by atoms with van der Waals surface area (Å²) < 4.78 is 34.1. The lowest BCUT2D eigenvalue weighted by molar-refractivity contribution is -0.135. The van der Waals surface area contributed by atoms with E-state index in [2.05, 4.69) is 15.9 Å². The molecule has 0 nitrogen and oxygen atoms in total. The second-order valence-corrected chi connectivity index (χ2v) is 2.55. The maximum atomic E-state index is 11.4. The Morgan fingerprint density at radius 1 is 1.10 bits per heavy atom. The lowest BCUT2D eigenvalue weighted by Gasteiger charge is -2.02. The van der Waals surface area contributed by atoms with Gasteiger partial charge in [-0.25, -0.2) is 0 Å². The Balaban J connectivity index is 0. The first kappa shape index (κ1) is 13.2. The number of hydrogen-bond acceptors (Lipinski definition) is 0. The van der Waals surface area contributed by atoms with E-state index in [0.717, 1.165) is 0 Å². The summed E-state index contributed by atoms with van der Waals surface area (Å²) in [5.74, 6) is 0. The van der Waals surface area contributed by atoms with Gasteiger partial charge in [-0.05, 0) is 12.8 Å². The lowest BCUT2D eigenvalue weighted by atomic mass is 10.2. The normalized spacial score (nSPS) is 10.8. The molecule has 10 heavy (non-hydrogen) atoms. The summed E-state index contributed by atoms with van der Waals surface area (Å²) >= 11 is 3.05. The molecule has 0 rings (SSSR count). The van der Waals surface area contributed by atoms with Crippen LogP contribution < -0.4 is 0 Å². The molecule has 0 amide bonds. The van der Waals surface area contributed by atoms with Crippen molar-refractivity contribution in [2.24, 2.45) is 0 Å². The minimum atomic E-state index is -3.97. The van der Waals surface area contributed by atoms with Crippen LogP contribution in [0.3, 0.4) is 0 Å². The smallest absolute Gasteiger partial charge is 0.171 e. The molecule has 0 aliphatic heterocycles. The summed E-state index contributed by atoms with van der Waals surface area (Å²) in [5.41, 5.74) is 0. The van der Waals surface area contributed by atoms with Crippen molar-refractivity contribution in [1.29, 1.82) is 0 Å². The Morgan fingerprint density at radius 2 is 1.60 bits per heavy atom. The van der Waals surface area contributed by atoms with E-state index in [9.17, 15) is 13.2 Å². The number of unbranched alkanes of at least 4 members (excludes halogenated alkanes) is 1. The summed E-state index contributed by atoms with van der Waals surface area (Å²) in [4.78, 5) is 0. The van der Waals surface area contributed by atoms with Gasteiger partial charge in [-0.3, -0.25) is 0 Å². The van der Waals surface area contributed by atoms with Gasteiger partial charge >= 0.3 is 6.18 Å². The molecule has 64 valence electrons. The van der Waals surface area contributed by atoms with E-state index in [1.54, 1.807) is 0 Å². The standard InChI is InChI=1S/C5H8BrF3.ClH/c6-4-2-1-3-5(7,8)9;/h1-4H2;1H. The van der Waals surface area contributed by atoms with Crippen molar-refractivity contribution < 1.29 is 13.2 Å². The first-order chi connectivity index (χ1) is 4.06. The van der Waals surface area contributed by atoms with Crippen molar-refractivity contribution in [3.05, 3.63) is 0 Å². The van der Waals surface area contributed by atoms with Crippen molar-refractivity contribution in [2.75, 3.05) is 5.33 Å². The van der Waals surface area contributed by atoms with Crippen LogP contribution in [0.5, 0.6) is 0 Å². The van der Waals surface area contributed by atoms with Gasteiger partial charge in [0.05, 0.1) is 0 Å². The van der Waals surface area contributed by atoms with E-state index in [4.69, 9.17) is 0 Å². The number of alkyl halides is 4. The molecule has 0 radical (unpaired) electrons. The fourth-order valence-corrected chi connectivity index (χ4v) is 0.816. The van der Waals surface area contributed by atoms with Crippen LogP contribution >= 0.6 is 28.3 Å². The Bertz CT molecular complexity index is 73.8. The highest BCUT2D eigenvalue weighted by Gasteiger charge is 2.25. The molecule has 0 aromatic rings. The van der Waals surface area contributed by atoms with Gasteiger partial charge < -0.3 is 0 Å². The molecule has 0 heterocycles. The summed E-state index contributed by atoms with van der Waals surface area (Å²) in [5, 5.41) is 0.656. The molecule has 0 spiro atoms. The molecule has 0 fully saturated rings. The zero-order valence-corrected chi connectivity index (χ0v) is 7.65. The highest BCUT2D eigenvalue weighted by Crippen LogP contribution is 2.22. The topological polar surface area (TPSA) is 0 Å². The molecule has 0 unspecified atom stereocenters. The summed E-state index contributed by atoms with van der Waals surface area (Å²) in [6, 6.07) is 0. The Morgan fingerprint density at radius 3 is 1.90 bits per heavy atom. The van der Waals surface area contributed by atoms with Crippen LogP contribution in [-0.4, -0.2) is 11.5 Å². The van der Waals surface area contributed by atoms with E-state index in [1.165, 1.54) is 0 Å². The van der Waals surface area contributed by atoms with Gasteiger partial charge in [0.15, 0.2) is 0 Å². The van der Waals surface area contributed by atoms with Crippen molar-refractivity contribution in [1.82, 2.24) is 0 Å². The van der Waals surface area contributed by atoms with Crippen molar-refractivity contribution >= 4 is 28.3 Å². The van der Waals surface area contributed by atoms with E-state index >= 15 is 0 Å². The van der Waals surface area contributed by atoms with Crippen molar-refractivity contribution in [2.45, 2.75) is 25.4 Å². The number of rotatable bonds is 3. The Hall–Kier alpha value is 0.560. The SMILES string of the molecule is Cl.FC(F)(F)CCCCBr. The fourth-order valence-electron chi connectivity index (χ4n) is 0.420. The van der Waals surface area contributed by atoms with Gasteiger partial charge in [0, 0.05) is 11.8 Å². The number of halogens is 5. The first-order valence-electron chi connectivity index (χ1n) is 2.69. The lowest BCUT2D eigenvalue weighted by Crippen LogP contribution is -2.06. The molecule has 0 aliphatic rings. The van der Waals surface area contributed by atoms with Crippen LogP contribution in [0, 0.1) is 0 Å². The maximum Gasteiger partial charge on any atom is 0.389 e. The molecule has 0 saturated carbocycles. The molecular weight excluding hydrogens is 232 g/mol. The van der Waals surface area contributed by atoms with Gasteiger partial charge in [-0.2, -0.15) is 13.2 Å². The fraction of sp³-hybridized carbons (Fsp3) is 1.00. The number of hydrogen-bond donors (Lipinski definition) is 0. The third kappa shape index (κ3) is 11.4. The third-order valence-corrected chi connectivity index (χ3v) is 1.40. The molecule has 0 aromatic carbocycles. The average Bonchev–Trinajstić information content (AvgIpc) is 1.63. The maximum absolute atomic E-state index is 11.4. The second kappa shape index (κ2) is 6.28. The van der Waals surface area contributed by atoms with Gasteiger partial charge in [0.25, 0.3) is 0 Å². The van der Waals surface area contributed by atoms with Crippen LogP contribution in [0.25, 0.3) is 0 Å². The molecule has 0 aliphatic carbocycles. The van der Waals surface area contributed by atoms with E-state index in [1.807, 2.05) is 0 Å². The van der Waals surface area contributed by atoms with Crippen LogP contribution in [-0.2, 0) is 0 Å². The van der Waals surface area contributed by atoms with Gasteiger partial charge in [-0.1, -0.05) is 15.9 Å². The predicted octanol–water partition coefficient (Wildman–Crippen LogP) is 3.54. The molecule has 0 aromatic heterocycles. The first-order valence-corrected chi connectivity index (χ1v) is 3.81. The quantitative estimate of drug-likeness (QED) is 0.524. The average molecular weight is 241 g/mol. The van der Waals surface area contributed by atoms with Gasteiger partial charge in [0.1, 0.15) is 0 Å².